The van der Waals surface area contributed by atoms with Crippen molar-refractivity contribution in [3.8, 4) is 0 Å². The van der Waals surface area contributed by atoms with Crippen LogP contribution in [0.4, 0.5) is 8.78 Å². The number of amides is 1. The van der Waals surface area contributed by atoms with Crippen LogP contribution in [0.15, 0.2) is 18.2 Å². The standard InChI is InChI=1S/C17H22F2N2O3/c18-12-1-2-14(15(19)7-12)17(23)20-16-9-21(8-11(16)10-22)13-3-5-24-6-4-13/h1-2,7,11,13,16,22H,3-6,8-10H2,(H,20,23)/t11-,16+/m0/s1. The smallest absolute Gasteiger partial charge is 0.254 e. The molecule has 0 bridgehead atoms. The minimum Gasteiger partial charge on any atom is -0.396 e. The van der Waals surface area contributed by atoms with Crippen LogP contribution in [0.5, 0.6) is 0 Å². The predicted molar refractivity (Wildman–Crippen MR) is 83.6 cm³/mol. The summed E-state index contributed by atoms with van der Waals surface area (Å²) in [7, 11) is 0. The van der Waals surface area contributed by atoms with E-state index in [4.69, 9.17) is 4.74 Å². The molecule has 0 unspecified atom stereocenters. The van der Waals surface area contributed by atoms with E-state index in [1.807, 2.05) is 0 Å². The zero-order valence-electron chi connectivity index (χ0n) is 13.4. The zero-order chi connectivity index (χ0) is 17.1. The maximum atomic E-state index is 13.7. The molecule has 1 aromatic carbocycles. The van der Waals surface area contributed by atoms with Crippen molar-refractivity contribution in [2.45, 2.75) is 24.9 Å². The first-order valence-electron chi connectivity index (χ1n) is 8.27. The summed E-state index contributed by atoms with van der Waals surface area (Å²) in [6.45, 7) is 2.71. The first-order valence-corrected chi connectivity index (χ1v) is 8.27. The summed E-state index contributed by atoms with van der Waals surface area (Å²) in [5, 5.41) is 12.4. The van der Waals surface area contributed by atoms with E-state index in [0.29, 0.717) is 25.2 Å². The highest BCUT2D eigenvalue weighted by Crippen LogP contribution is 2.24. The first-order chi connectivity index (χ1) is 11.6. The number of aliphatic hydroxyl groups is 1. The van der Waals surface area contributed by atoms with Crippen molar-refractivity contribution in [1.82, 2.24) is 10.2 Å². The molecule has 0 spiro atoms. The summed E-state index contributed by atoms with van der Waals surface area (Å²) < 4.78 is 32.1. The second kappa shape index (κ2) is 7.55. The van der Waals surface area contributed by atoms with Crippen LogP contribution in [0.1, 0.15) is 23.2 Å². The van der Waals surface area contributed by atoms with Crippen molar-refractivity contribution in [3.63, 3.8) is 0 Å². The number of ether oxygens (including phenoxy) is 1. The van der Waals surface area contributed by atoms with Crippen LogP contribution in [-0.2, 0) is 4.74 Å². The average Bonchev–Trinajstić information content (AvgIpc) is 2.98. The van der Waals surface area contributed by atoms with Crippen molar-refractivity contribution >= 4 is 5.91 Å². The number of nitrogens with one attached hydrogen (secondary N) is 1. The van der Waals surface area contributed by atoms with Gasteiger partial charge >= 0.3 is 0 Å². The van der Waals surface area contributed by atoms with Crippen molar-refractivity contribution in [3.05, 3.63) is 35.4 Å². The van der Waals surface area contributed by atoms with Gasteiger partial charge in [0.25, 0.3) is 5.91 Å². The summed E-state index contributed by atoms with van der Waals surface area (Å²) in [6, 6.07) is 3.03. The Labute approximate surface area is 139 Å². The molecule has 1 amide bonds. The molecule has 2 aliphatic heterocycles. The second-order valence-corrected chi connectivity index (χ2v) is 6.44. The van der Waals surface area contributed by atoms with Gasteiger partial charge in [0.2, 0.25) is 0 Å². The molecule has 0 radical (unpaired) electrons. The van der Waals surface area contributed by atoms with E-state index in [-0.39, 0.29) is 24.1 Å². The Kier molecular flexibility index (Phi) is 5.43. The lowest BCUT2D eigenvalue weighted by molar-refractivity contribution is 0.0398. The molecule has 0 aromatic heterocycles. The second-order valence-electron chi connectivity index (χ2n) is 6.44. The highest BCUT2D eigenvalue weighted by molar-refractivity contribution is 5.94. The average molecular weight is 340 g/mol. The SMILES string of the molecule is O=C(N[C@@H]1CN(C2CCOCC2)C[C@H]1CO)c1ccc(F)cc1F. The van der Waals surface area contributed by atoms with E-state index >= 15 is 0 Å². The Morgan fingerprint density at radius 1 is 1.29 bits per heavy atom. The number of hydrogen-bond donors (Lipinski definition) is 2. The van der Waals surface area contributed by atoms with Crippen LogP contribution in [0.3, 0.4) is 0 Å². The Morgan fingerprint density at radius 2 is 2.04 bits per heavy atom. The van der Waals surface area contributed by atoms with E-state index in [1.54, 1.807) is 0 Å². The molecule has 0 saturated carbocycles. The van der Waals surface area contributed by atoms with Gasteiger partial charge in [-0.15, -0.1) is 0 Å². The largest absolute Gasteiger partial charge is 0.396 e. The van der Waals surface area contributed by atoms with E-state index in [1.165, 1.54) is 0 Å². The van der Waals surface area contributed by atoms with E-state index < -0.39 is 17.5 Å². The molecule has 3 rings (SSSR count). The van der Waals surface area contributed by atoms with E-state index in [0.717, 1.165) is 38.2 Å². The molecule has 2 atom stereocenters. The number of halogens is 2. The molecular formula is C17H22F2N2O3. The monoisotopic (exact) mass is 340 g/mol. The number of likely N-dealkylation sites (tertiary alicyclic amines) is 1. The molecule has 7 heteroatoms. The number of hydrogen-bond acceptors (Lipinski definition) is 4. The molecule has 24 heavy (non-hydrogen) atoms. The number of benzene rings is 1. The van der Waals surface area contributed by atoms with Gasteiger partial charge in [0, 0.05) is 57.0 Å². The quantitative estimate of drug-likeness (QED) is 0.864. The lowest BCUT2D eigenvalue weighted by Crippen LogP contribution is -2.43. The minimum absolute atomic E-state index is 0.0451. The molecule has 5 nitrogen and oxygen atoms in total. The van der Waals surface area contributed by atoms with Crippen molar-refractivity contribution < 1.29 is 23.4 Å². The molecule has 2 aliphatic rings. The molecule has 0 aliphatic carbocycles. The third kappa shape index (κ3) is 3.74. The summed E-state index contributed by atoms with van der Waals surface area (Å²) in [5.41, 5.74) is -0.183. The maximum absolute atomic E-state index is 13.7. The number of carbonyl (C=O) groups is 1. The van der Waals surface area contributed by atoms with Gasteiger partial charge in [-0.3, -0.25) is 9.69 Å². The lowest BCUT2D eigenvalue weighted by Gasteiger charge is -2.31. The molecule has 2 saturated heterocycles. The van der Waals surface area contributed by atoms with Gasteiger partial charge in [0.1, 0.15) is 11.6 Å². The normalized spacial score (nSPS) is 25.8. The van der Waals surface area contributed by atoms with Gasteiger partial charge in [0.15, 0.2) is 0 Å². The van der Waals surface area contributed by atoms with Crippen LogP contribution in [0, 0.1) is 17.6 Å². The fourth-order valence-electron chi connectivity index (χ4n) is 3.52. The lowest BCUT2D eigenvalue weighted by atomic mass is 10.0. The number of aliphatic hydroxyl groups excluding tert-OH is 1. The van der Waals surface area contributed by atoms with Crippen LogP contribution in [-0.4, -0.2) is 60.9 Å². The van der Waals surface area contributed by atoms with Gasteiger partial charge in [-0.1, -0.05) is 0 Å². The van der Waals surface area contributed by atoms with E-state index in [9.17, 15) is 18.7 Å². The molecule has 2 fully saturated rings. The van der Waals surface area contributed by atoms with Crippen LogP contribution < -0.4 is 5.32 Å². The third-order valence-electron chi connectivity index (χ3n) is 4.90. The highest BCUT2D eigenvalue weighted by atomic mass is 19.1. The Hall–Kier alpha value is -1.57. The van der Waals surface area contributed by atoms with Gasteiger partial charge in [-0.25, -0.2) is 8.78 Å². The summed E-state index contributed by atoms with van der Waals surface area (Å²) >= 11 is 0. The van der Waals surface area contributed by atoms with Crippen LogP contribution >= 0.6 is 0 Å². The fraction of sp³-hybridized carbons (Fsp3) is 0.588. The first kappa shape index (κ1) is 17.3. The Bertz CT molecular complexity index is 593. The summed E-state index contributed by atoms with van der Waals surface area (Å²) in [5.74, 6) is -2.28. The van der Waals surface area contributed by atoms with E-state index in [2.05, 4.69) is 10.2 Å². The van der Waals surface area contributed by atoms with Crippen LogP contribution in [0.2, 0.25) is 0 Å². The van der Waals surface area contributed by atoms with Gasteiger partial charge in [-0.05, 0) is 25.0 Å². The van der Waals surface area contributed by atoms with Gasteiger partial charge in [-0.2, -0.15) is 0 Å². The summed E-state index contributed by atoms with van der Waals surface area (Å²) in [4.78, 5) is 14.5. The number of rotatable bonds is 4. The number of nitrogens with zero attached hydrogens (tertiary/aromatic N) is 1. The topological polar surface area (TPSA) is 61.8 Å². The van der Waals surface area contributed by atoms with Crippen LogP contribution in [0.25, 0.3) is 0 Å². The highest BCUT2D eigenvalue weighted by Gasteiger charge is 2.37. The van der Waals surface area contributed by atoms with Crippen molar-refractivity contribution in [1.29, 1.82) is 0 Å². The third-order valence-corrected chi connectivity index (χ3v) is 4.90. The Balaban J connectivity index is 1.65. The molecule has 1 aromatic rings. The number of carbonyl (C=O) groups excluding carboxylic acids is 1. The van der Waals surface area contributed by atoms with Crippen molar-refractivity contribution in [2.24, 2.45) is 5.92 Å². The molecule has 132 valence electrons. The Morgan fingerprint density at radius 3 is 2.71 bits per heavy atom. The minimum atomic E-state index is -0.882. The molecule has 2 heterocycles. The molecule has 2 N–H and O–H groups in total. The van der Waals surface area contributed by atoms with Crippen molar-refractivity contribution in [2.75, 3.05) is 32.9 Å². The maximum Gasteiger partial charge on any atom is 0.254 e. The fourth-order valence-corrected chi connectivity index (χ4v) is 3.52. The zero-order valence-corrected chi connectivity index (χ0v) is 13.4. The summed E-state index contributed by atoms with van der Waals surface area (Å²) in [6.07, 6.45) is 1.87. The molecular weight excluding hydrogens is 318 g/mol. The van der Waals surface area contributed by atoms with Gasteiger partial charge < -0.3 is 15.2 Å². The van der Waals surface area contributed by atoms with Gasteiger partial charge in [0.05, 0.1) is 5.56 Å². The predicted octanol–water partition coefficient (Wildman–Crippen LogP) is 1.17.